The Kier molecular flexibility index (Phi) is 11.6. The maximum atomic E-state index is 11.3. The number of halogens is 5. The number of carbonyl (C=O) groups excluding carboxylic acids is 1. The molecule has 0 radical (unpaired) electrons. The summed E-state index contributed by atoms with van der Waals surface area (Å²) in [6.45, 7) is 2.89. The molecule has 3 aromatic heterocycles. The molecule has 1 aliphatic rings. The first-order valence-corrected chi connectivity index (χ1v) is 28.5. The summed E-state index contributed by atoms with van der Waals surface area (Å²) in [5, 5.41) is 8.09. The zero-order chi connectivity index (χ0) is 22.2. The zero-order valence-electron chi connectivity index (χ0n) is 15.7. The number of hydrogen-bond acceptors (Lipinski definition) is 7. The van der Waals surface area contributed by atoms with Crippen molar-refractivity contribution in [3.63, 3.8) is 0 Å². The molecule has 5 rings (SSSR count). The number of morpholine rings is 1. The molecule has 13 heteroatoms. The van der Waals surface area contributed by atoms with Crippen LogP contribution in [0, 0.1) is 0 Å². The van der Waals surface area contributed by atoms with Gasteiger partial charge in [-0.05, 0) is 12.1 Å². The predicted octanol–water partition coefficient (Wildman–Crippen LogP) is 3.43. The number of aromatic nitrogens is 4. The van der Waals surface area contributed by atoms with E-state index in [0.29, 0.717) is 37.2 Å². The van der Waals surface area contributed by atoms with Gasteiger partial charge in [0.2, 0.25) is 0 Å². The van der Waals surface area contributed by atoms with Crippen molar-refractivity contribution in [1.29, 1.82) is 0 Å². The molecular formula is C18H15I5N5O2S-. The summed E-state index contributed by atoms with van der Waals surface area (Å²) >= 11 is 11.0. The first-order chi connectivity index (χ1) is 15.2. The van der Waals surface area contributed by atoms with Crippen molar-refractivity contribution in [1.82, 2.24) is 20.2 Å². The molecule has 31 heavy (non-hydrogen) atoms. The van der Waals surface area contributed by atoms with Gasteiger partial charge in [0.15, 0.2) is 17.9 Å². The van der Waals surface area contributed by atoms with Gasteiger partial charge in [-0.1, -0.05) is 12.1 Å². The van der Waals surface area contributed by atoms with Gasteiger partial charge in [-0.25, -0.2) is 9.97 Å². The van der Waals surface area contributed by atoms with E-state index in [0.717, 1.165) is 51.9 Å². The Morgan fingerprint density at radius 3 is 2.65 bits per heavy atom. The Balaban J connectivity index is 0.000000504. The summed E-state index contributed by atoms with van der Waals surface area (Å²) in [5.41, 5.74) is 2.66. The third kappa shape index (κ3) is 6.48. The van der Waals surface area contributed by atoms with Crippen molar-refractivity contribution in [2.75, 3.05) is 31.2 Å². The van der Waals surface area contributed by atoms with Crippen molar-refractivity contribution in [3.8, 4) is 11.4 Å². The van der Waals surface area contributed by atoms with E-state index in [1.54, 1.807) is 6.20 Å². The van der Waals surface area contributed by atoms with Gasteiger partial charge >= 0.3 is 50.5 Å². The van der Waals surface area contributed by atoms with Gasteiger partial charge in [0.05, 0.1) is 40.0 Å². The molecule has 0 atom stereocenters. The number of carbonyl (C=O) groups is 1. The predicted molar refractivity (Wildman–Crippen MR) is 157 cm³/mol. The van der Waals surface area contributed by atoms with Gasteiger partial charge in [0.25, 0.3) is 0 Å². The minimum atomic E-state index is 0.530. The van der Waals surface area contributed by atoms with Gasteiger partial charge in [-0.3, -0.25) is 9.89 Å². The molecule has 0 unspecified atom stereocenters. The van der Waals surface area contributed by atoms with Crippen molar-refractivity contribution in [3.05, 3.63) is 35.3 Å². The van der Waals surface area contributed by atoms with Crippen LogP contribution in [0.3, 0.4) is 0 Å². The van der Waals surface area contributed by atoms with Gasteiger partial charge < -0.3 is 9.64 Å². The van der Waals surface area contributed by atoms with E-state index in [4.69, 9.17) is 14.7 Å². The van der Waals surface area contributed by atoms with E-state index in [1.807, 2.05) is 24.3 Å². The normalized spacial score (nSPS) is 13.5. The van der Waals surface area contributed by atoms with Crippen LogP contribution in [-0.2, 0) is 4.74 Å². The minimum Gasteiger partial charge on any atom is -0.378 e. The molecule has 1 aromatic carbocycles. The van der Waals surface area contributed by atoms with E-state index < -0.39 is 0 Å². The van der Waals surface area contributed by atoms with Crippen molar-refractivity contribution in [2.45, 2.75) is 0 Å². The number of H-pyrrole nitrogens is 1. The summed E-state index contributed by atoms with van der Waals surface area (Å²) < 4.78 is 6.41. The number of aldehydes is 1. The number of benzene rings is 1. The quantitative estimate of drug-likeness (QED) is 0.251. The molecule has 0 bridgehead atoms. The first kappa shape index (κ1) is 26.4. The number of nitrogens with one attached hydrogen (secondary N) is 1. The van der Waals surface area contributed by atoms with Crippen LogP contribution < -0.4 is 18.2 Å². The van der Waals surface area contributed by atoms with E-state index in [1.165, 1.54) is 11.3 Å². The second-order valence-corrected chi connectivity index (χ2v) is 23.5. The smallest absolute Gasteiger partial charge is 0.162 e. The second kappa shape index (κ2) is 13.6. The Morgan fingerprint density at radius 1 is 1.19 bits per heavy atom. The fraction of sp³-hybridized carbons (Fsp3) is 0.222. The number of anilines is 1. The number of fused-ring (bicyclic) bond motifs is 2. The average molecular weight is 1000 g/mol. The second-order valence-electron chi connectivity index (χ2n) is 6.14. The molecular weight excluding hydrogens is 985 g/mol. The number of hydrogen-bond donors (Lipinski definition) is 1. The molecule has 1 fully saturated rings. The van der Waals surface area contributed by atoms with Crippen LogP contribution in [0.2, 0.25) is 0 Å². The molecule has 0 saturated carbocycles. The maximum absolute atomic E-state index is 11.3. The van der Waals surface area contributed by atoms with Crippen LogP contribution >= 0.6 is 85.8 Å². The summed E-state index contributed by atoms with van der Waals surface area (Å²) in [6.07, 6.45) is 2.66. The molecule has 0 amide bonds. The fourth-order valence-corrected chi connectivity index (χ4v) is 4.19. The number of nitrogens with zero attached hydrogens (tertiary/aromatic N) is 4. The van der Waals surface area contributed by atoms with Gasteiger partial charge in [-0.15, -0.1) is 11.3 Å². The van der Waals surface area contributed by atoms with Gasteiger partial charge in [0.1, 0.15) is 0 Å². The Labute approximate surface area is 236 Å². The van der Waals surface area contributed by atoms with Crippen LogP contribution in [0.25, 0.3) is 32.5 Å². The average Bonchev–Trinajstić information content (AvgIpc) is 3.47. The standard InChI is InChI=1S/C18H15N5O2S.I3.I2/c24-10-11-8-15-16(26-11)18(23-4-6-25-7-5-23)21-17(20-15)12-2-1-3-14-13(12)9-19-22-14;1-3-2;1-2/h1-3,8-10H,4-7H2,(H,19,22);;/q;-1;. The summed E-state index contributed by atoms with van der Waals surface area (Å²) in [4.78, 5) is 23.8. The molecule has 1 N–H and O–H groups in total. The largest absolute Gasteiger partial charge is 0.378 e. The molecule has 4 heterocycles. The van der Waals surface area contributed by atoms with Crippen LogP contribution in [0.1, 0.15) is 9.67 Å². The molecule has 1 saturated heterocycles. The Bertz CT molecular complexity index is 1150. The van der Waals surface area contributed by atoms with Gasteiger partial charge in [0, 0.05) is 61.3 Å². The summed E-state index contributed by atoms with van der Waals surface area (Å²) in [6, 6.07) is 7.76. The van der Waals surface area contributed by atoms with E-state index in [2.05, 4.69) is 89.6 Å². The van der Waals surface area contributed by atoms with Crippen molar-refractivity contribution < 1.29 is 22.8 Å². The van der Waals surface area contributed by atoms with Crippen molar-refractivity contribution in [2.24, 2.45) is 0 Å². The minimum absolute atomic E-state index is 0.530. The molecule has 0 spiro atoms. The SMILES string of the molecule is II.I[I-]I.O=Cc1cc2nc(-c3cccc4[nH]ncc34)nc(N3CCOCC3)c2s1. The zero-order valence-corrected chi connectivity index (χ0v) is 27.3. The summed E-state index contributed by atoms with van der Waals surface area (Å²) in [5.74, 6) is 1.51. The monoisotopic (exact) mass is 1000 g/mol. The Morgan fingerprint density at radius 2 is 1.94 bits per heavy atom. The molecule has 7 nitrogen and oxygen atoms in total. The molecule has 0 aliphatic carbocycles. The molecule has 4 aromatic rings. The number of thiophene rings is 1. The van der Waals surface area contributed by atoms with Crippen molar-refractivity contribution >= 4 is 119 Å². The van der Waals surface area contributed by atoms with E-state index >= 15 is 0 Å². The van der Waals surface area contributed by atoms with E-state index in [9.17, 15) is 4.79 Å². The maximum Gasteiger partial charge on any atom is 0.162 e. The third-order valence-corrected chi connectivity index (χ3v) is 5.57. The third-order valence-electron chi connectivity index (χ3n) is 4.53. The van der Waals surface area contributed by atoms with Crippen LogP contribution in [0.4, 0.5) is 5.82 Å². The molecule has 1 aliphatic heterocycles. The Hall–Kier alpha value is 0.810. The molecule has 166 valence electrons. The fourth-order valence-electron chi connectivity index (χ4n) is 3.26. The van der Waals surface area contributed by atoms with Gasteiger partial charge in [-0.2, -0.15) is 5.10 Å². The van der Waals surface area contributed by atoms with Crippen LogP contribution in [0.15, 0.2) is 30.5 Å². The summed E-state index contributed by atoms with van der Waals surface area (Å²) in [7, 11) is 0. The topological polar surface area (TPSA) is 84.0 Å². The first-order valence-electron chi connectivity index (χ1n) is 8.78. The van der Waals surface area contributed by atoms with Crippen LogP contribution in [-0.4, -0.2) is 52.8 Å². The number of rotatable bonds is 3. The number of aromatic amines is 1. The number of ether oxygens (including phenoxy) is 1. The van der Waals surface area contributed by atoms with E-state index in [-0.39, 0.29) is 0 Å². The van der Waals surface area contributed by atoms with Crippen LogP contribution in [0.5, 0.6) is 0 Å².